The highest BCUT2D eigenvalue weighted by Gasteiger charge is 2.15. The van der Waals surface area contributed by atoms with E-state index in [1.165, 1.54) is 37.2 Å². The summed E-state index contributed by atoms with van der Waals surface area (Å²) in [4.78, 5) is 9.38. The molecular weight excluding hydrogens is 334 g/mol. The van der Waals surface area contributed by atoms with Gasteiger partial charge >= 0.3 is 0 Å². The number of hydrogen-bond donors (Lipinski definition) is 2. The molecule has 5 heteroatoms. The third kappa shape index (κ3) is 6.42. The van der Waals surface area contributed by atoms with Crippen LogP contribution in [0.15, 0.2) is 29.3 Å². The molecule has 0 radical (unpaired) electrons. The van der Waals surface area contributed by atoms with Crippen LogP contribution in [-0.4, -0.2) is 56.2 Å². The van der Waals surface area contributed by atoms with E-state index in [1.807, 2.05) is 7.05 Å². The van der Waals surface area contributed by atoms with Gasteiger partial charge in [0.25, 0.3) is 0 Å². The Bertz CT molecular complexity index is 582. The largest absolute Gasteiger partial charge is 0.372 e. The first-order valence-corrected chi connectivity index (χ1v) is 10.5. The zero-order valence-corrected chi connectivity index (χ0v) is 18.1. The van der Waals surface area contributed by atoms with Crippen LogP contribution in [0.3, 0.4) is 0 Å². The van der Waals surface area contributed by atoms with Crippen LogP contribution >= 0.6 is 0 Å². The van der Waals surface area contributed by atoms with Crippen LogP contribution in [0.5, 0.6) is 0 Å². The van der Waals surface area contributed by atoms with Gasteiger partial charge in [-0.05, 0) is 65.2 Å². The fourth-order valence-corrected chi connectivity index (χ4v) is 3.87. The Labute approximate surface area is 166 Å². The van der Waals surface area contributed by atoms with Gasteiger partial charge in [-0.2, -0.15) is 0 Å². The molecule has 5 nitrogen and oxygen atoms in total. The van der Waals surface area contributed by atoms with Crippen LogP contribution in [0.25, 0.3) is 0 Å². The quantitative estimate of drug-likeness (QED) is 0.539. The molecule has 1 saturated heterocycles. The van der Waals surface area contributed by atoms with E-state index in [9.17, 15) is 0 Å². The lowest BCUT2D eigenvalue weighted by Gasteiger charge is -2.30. The molecule has 1 unspecified atom stereocenters. The summed E-state index contributed by atoms with van der Waals surface area (Å²) in [5, 5.41) is 7.00. The highest BCUT2D eigenvalue weighted by molar-refractivity contribution is 5.80. The summed E-state index contributed by atoms with van der Waals surface area (Å²) in [6, 6.07) is 10.2. The molecule has 1 aliphatic rings. The van der Waals surface area contributed by atoms with E-state index in [-0.39, 0.29) is 6.04 Å². The maximum atomic E-state index is 4.41. The molecule has 0 aliphatic carbocycles. The van der Waals surface area contributed by atoms with Crippen molar-refractivity contribution in [1.82, 2.24) is 15.5 Å². The van der Waals surface area contributed by atoms with Gasteiger partial charge in [-0.3, -0.25) is 9.89 Å². The molecule has 0 saturated carbocycles. The maximum absolute atomic E-state index is 4.41. The fourth-order valence-electron chi connectivity index (χ4n) is 3.87. The minimum absolute atomic E-state index is 0.213. The van der Waals surface area contributed by atoms with E-state index in [4.69, 9.17) is 0 Å². The lowest BCUT2D eigenvalue weighted by Crippen LogP contribution is -2.45. The maximum Gasteiger partial charge on any atom is 0.191 e. The molecule has 0 bridgehead atoms. The summed E-state index contributed by atoms with van der Waals surface area (Å²) in [6.45, 7) is 15.5. The third-order valence-corrected chi connectivity index (χ3v) is 5.41. The number of rotatable bonds is 8. The zero-order valence-electron chi connectivity index (χ0n) is 18.1. The van der Waals surface area contributed by atoms with E-state index in [0.29, 0.717) is 12.1 Å². The van der Waals surface area contributed by atoms with E-state index in [0.717, 1.165) is 19.0 Å². The average Bonchev–Trinajstić information content (AvgIpc) is 3.18. The molecule has 0 amide bonds. The summed E-state index contributed by atoms with van der Waals surface area (Å²) in [5.74, 6) is 0.863. The second-order valence-electron chi connectivity index (χ2n) is 8.08. The Morgan fingerprint density at radius 3 is 2.37 bits per heavy atom. The lowest BCUT2D eigenvalue weighted by atomic mass is 10.1. The van der Waals surface area contributed by atoms with Gasteiger partial charge in [-0.15, -0.1) is 0 Å². The number of hydrogen-bond acceptors (Lipinski definition) is 3. The van der Waals surface area contributed by atoms with E-state index in [2.05, 4.69) is 84.3 Å². The normalized spacial score (nSPS) is 16.5. The Hall–Kier alpha value is -1.75. The number of anilines is 1. The summed E-state index contributed by atoms with van der Waals surface area (Å²) < 4.78 is 0. The molecule has 1 heterocycles. The van der Waals surface area contributed by atoms with Gasteiger partial charge in [0.05, 0.1) is 6.04 Å². The Kier molecular flexibility index (Phi) is 8.42. The Morgan fingerprint density at radius 1 is 1.11 bits per heavy atom. The SMILES string of the molecule is CN=C(NCCN(C(C)C)C(C)C)NC(C)c1cccc(N2CCCC2)c1. The summed E-state index contributed by atoms with van der Waals surface area (Å²) in [7, 11) is 1.84. The van der Waals surface area contributed by atoms with Crippen LogP contribution in [-0.2, 0) is 0 Å². The number of nitrogens with zero attached hydrogens (tertiary/aromatic N) is 3. The minimum Gasteiger partial charge on any atom is -0.372 e. The average molecular weight is 374 g/mol. The Morgan fingerprint density at radius 2 is 1.78 bits per heavy atom. The number of nitrogens with one attached hydrogen (secondary N) is 2. The van der Waals surface area contributed by atoms with Crippen molar-refractivity contribution in [2.24, 2.45) is 4.99 Å². The molecule has 1 atom stereocenters. The van der Waals surface area contributed by atoms with Gasteiger partial charge < -0.3 is 15.5 Å². The molecule has 27 heavy (non-hydrogen) atoms. The smallest absolute Gasteiger partial charge is 0.191 e. The van der Waals surface area contributed by atoms with Crippen LogP contribution in [0, 0.1) is 0 Å². The second-order valence-corrected chi connectivity index (χ2v) is 8.08. The summed E-state index contributed by atoms with van der Waals surface area (Å²) in [5.41, 5.74) is 2.64. The van der Waals surface area contributed by atoms with Crippen molar-refractivity contribution in [2.75, 3.05) is 38.1 Å². The molecule has 1 aliphatic heterocycles. The first-order valence-electron chi connectivity index (χ1n) is 10.5. The van der Waals surface area contributed by atoms with Crippen molar-refractivity contribution < 1.29 is 0 Å². The van der Waals surface area contributed by atoms with Gasteiger partial charge in [-0.25, -0.2) is 0 Å². The minimum atomic E-state index is 0.213. The topological polar surface area (TPSA) is 42.9 Å². The van der Waals surface area contributed by atoms with Gasteiger partial charge in [0, 0.05) is 51.0 Å². The molecular formula is C22H39N5. The number of benzene rings is 1. The number of aliphatic imine (C=N–C) groups is 1. The Balaban J connectivity index is 1.89. The molecule has 152 valence electrons. The van der Waals surface area contributed by atoms with Crippen LogP contribution in [0.1, 0.15) is 59.1 Å². The molecule has 2 N–H and O–H groups in total. The van der Waals surface area contributed by atoms with E-state index >= 15 is 0 Å². The summed E-state index contributed by atoms with van der Waals surface area (Å²) in [6.07, 6.45) is 2.61. The van der Waals surface area contributed by atoms with Crippen molar-refractivity contribution >= 4 is 11.6 Å². The van der Waals surface area contributed by atoms with Gasteiger partial charge in [0.1, 0.15) is 0 Å². The predicted octanol–water partition coefficient (Wildman–Crippen LogP) is 3.63. The second kappa shape index (κ2) is 10.5. The monoisotopic (exact) mass is 373 g/mol. The molecule has 0 spiro atoms. The molecule has 2 rings (SSSR count). The van der Waals surface area contributed by atoms with Gasteiger partial charge in [-0.1, -0.05) is 12.1 Å². The van der Waals surface area contributed by atoms with Crippen molar-refractivity contribution in [3.8, 4) is 0 Å². The predicted molar refractivity (Wildman–Crippen MR) is 118 cm³/mol. The van der Waals surface area contributed by atoms with Crippen molar-refractivity contribution in [3.05, 3.63) is 29.8 Å². The highest BCUT2D eigenvalue weighted by atomic mass is 15.2. The van der Waals surface area contributed by atoms with Crippen molar-refractivity contribution in [2.45, 2.75) is 65.6 Å². The van der Waals surface area contributed by atoms with E-state index < -0.39 is 0 Å². The highest BCUT2D eigenvalue weighted by Crippen LogP contribution is 2.23. The first-order chi connectivity index (χ1) is 12.9. The van der Waals surface area contributed by atoms with Crippen molar-refractivity contribution in [1.29, 1.82) is 0 Å². The standard InChI is InChI=1S/C22H39N5/c1-17(2)27(18(3)4)15-12-24-22(23-6)25-19(5)20-10-9-11-21(16-20)26-13-7-8-14-26/h9-11,16-19H,7-8,12-15H2,1-6H3,(H2,23,24,25). The summed E-state index contributed by atoms with van der Waals surface area (Å²) >= 11 is 0. The van der Waals surface area contributed by atoms with Gasteiger partial charge in [0.15, 0.2) is 5.96 Å². The van der Waals surface area contributed by atoms with Gasteiger partial charge in [0.2, 0.25) is 0 Å². The zero-order chi connectivity index (χ0) is 19.8. The fraction of sp³-hybridized carbons (Fsp3) is 0.682. The first kappa shape index (κ1) is 21.5. The van der Waals surface area contributed by atoms with E-state index in [1.54, 1.807) is 0 Å². The lowest BCUT2D eigenvalue weighted by molar-refractivity contribution is 0.178. The molecule has 1 fully saturated rings. The van der Waals surface area contributed by atoms with Crippen LogP contribution < -0.4 is 15.5 Å². The van der Waals surface area contributed by atoms with Crippen LogP contribution in [0.2, 0.25) is 0 Å². The van der Waals surface area contributed by atoms with Crippen molar-refractivity contribution in [3.63, 3.8) is 0 Å². The molecule has 0 aromatic heterocycles. The third-order valence-electron chi connectivity index (χ3n) is 5.41. The van der Waals surface area contributed by atoms with Crippen LogP contribution in [0.4, 0.5) is 5.69 Å². The molecule has 1 aromatic rings. The molecule has 1 aromatic carbocycles. The number of guanidine groups is 1.